The molecule has 0 amide bonds. The van der Waals surface area contributed by atoms with Gasteiger partial charge in [0, 0.05) is 13.1 Å². The zero-order chi connectivity index (χ0) is 14.3. The number of rotatable bonds is 8. The lowest BCUT2D eigenvalue weighted by Crippen LogP contribution is -2.29. The van der Waals surface area contributed by atoms with Gasteiger partial charge in [0.15, 0.2) is 0 Å². The predicted molar refractivity (Wildman–Crippen MR) is 74.3 cm³/mol. The number of halogens is 1. The van der Waals surface area contributed by atoms with Gasteiger partial charge in [-0.1, -0.05) is 13.8 Å². The van der Waals surface area contributed by atoms with Crippen LogP contribution in [-0.4, -0.2) is 42.2 Å². The molecule has 0 aliphatic carbocycles. The number of benzene rings is 1. The fourth-order valence-corrected chi connectivity index (χ4v) is 1.88. The number of hydrogen-bond donors (Lipinski definition) is 2. The van der Waals surface area contributed by atoms with Crippen molar-refractivity contribution in [2.45, 2.75) is 20.3 Å². The van der Waals surface area contributed by atoms with Gasteiger partial charge in [-0.15, -0.1) is 0 Å². The Bertz CT molecular complexity index is 424. The smallest absolute Gasteiger partial charge is 0.335 e. The summed E-state index contributed by atoms with van der Waals surface area (Å²) in [4.78, 5) is 13.0. The molecule has 0 aliphatic heterocycles. The summed E-state index contributed by atoms with van der Waals surface area (Å²) < 4.78 is 13.6. The highest BCUT2D eigenvalue weighted by Crippen LogP contribution is 2.15. The Hall–Kier alpha value is -1.62. The number of likely N-dealkylation sites (N-methyl/N-ethyl adjacent to an activating group) is 1. The summed E-state index contributed by atoms with van der Waals surface area (Å²) in [5.74, 6) is -1.65. The molecule has 0 fully saturated rings. The molecule has 1 rings (SSSR count). The Balaban J connectivity index is 2.51. The fraction of sp³-hybridized carbons (Fsp3) is 0.500. The molecule has 0 spiro atoms. The maximum atomic E-state index is 13.6. The monoisotopic (exact) mass is 268 g/mol. The minimum atomic E-state index is -1.12. The topological polar surface area (TPSA) is 52.6 Å². The number of carboxylic acid groups (broad SMARTS) is 1. The van der Waals surface area contributed by atoms with Gasteiger partial charge in [0.05, 0.1) is 11.3 Å². The van der Waals surface area contributed by atoms with E-state index in [2.05, 4.69) is 24.1 Å². The summed E-state index contributed by atoms with van der Waals surface area (Å²) in [7, 11) is 0. The number of nitrogens with one attached hydrogen (secondary N) is 1. The molecule has 0 aromatic heterocycles. The van der Waals surface area contributed by atoms with Gasteiger partial charge in [-0.3, -0.25) is 0 Å². The normalized spacial score (nSPS) is 10.7. The molecule has 0 heterocycles. The van der Waals surface area contributed by atoms with Crippen LogP contribution in [0.4, 0.5) is 10.1 Å². The highest BCUT2D eigenvalue weighted by molar-refractivity contribution is 5.88. The fourth-order valence-electron chi connectivity index (χ4n) is 1.88. The molecule has 0 atom stereocenters. The second-order valence-corrected chi connectivity index (χ2v) is 4.36. The third-order valence-corrected chi connectivity index (χ3v) is 2.95. The van der Waals surface area contributed by atoms with Crippen molar-refractivity contribution in [3.8, 4) is 0 Å². The highest BCUT2D eigenvalue weighted by Gasteiger charge is 2.08. The van der Waals surface area contributed by atoms with Crippen LogP contribution in [0, 0.1) is 5.82 Å². The maximum Gasteiger partial charge on any atom is 0.335 e. The number of hydrogen-bond acceptors (Lipinski definition) is 3. The Morgan fingerprint density at radius 1 is 1.37 bits per heavy atom. The molecule has 2 N–H and O–H groups in total. The van der Waals surface area contributed by atoms with Crippen LogP contribution in [-0.2, 0) is 0 Å². The lowest BCUT2D eigenvalue weighted by Gasteiger charge is -2.20. The number of nitrogens with zero attached hydrogens (tertiary/aromatic N) is 1. The van der Waals surface area contributed by atoms with Crippen molar-refractivity contribution >= 4 is 11.7 Å². The average molecular weight is 268 g/mol. The summed E-state index contributed by atoms with van der Waals surface area (Å²) >= 11 is 0. The van der Waals surface area contributed by atoms with Crippen LogP contribution in [0.15, 0.2) is 18.2 Å². The largest absolute Gasteiger partial charge is 0.478 e. The number of anilines is 1. The molecule has 1 aromatic carbocycles. The van der Waals surface area contributed by atoms with Crippen molar-refractivity contribution < 1.29 is 14.3 Å². The van der Waals surface area contributed by atoms with Crippen LogP contribution in [0.2, 0.25) is 0 Å². The van der Waals surface area contributed by atoms with Crippen molar-refractivity contribution in [2.75, 3.05) is 31.5 Å². The lowest BCUT2D eigenvalue weighted by atomic mass is 10.2. The van der Waals surface area contributed by atoms with Gasteiger partial charge in [0.1, 0.15) is 5.82 Å². The first-order chi connectivity index (χ1) is 9.08. The van der Waals surface area contributed by atoms with E-state index in [-0.39, 0.29) is 5.56 Å². The summed E-state index contributed by atoms with van der Waals surface area (Å²) in [5.41, 5.74) is 0.307. The molecule has 4 nitrogen and oxygen atoms in total. The minimum absolute atomic E-state index is 0.0378. The van der Waals surface area contributed by atoms with E-state index in [1.54, 1.807) is 0 Å². The van der Waals surface area contributed by atoms with Gasteiger partial charge in [0.25, 0.3) is 0 Å². The first kappa shape index (κ1) is 15.4. The SMILES string of the molecule is CCCN(CC)CCNc1ccc(C(=O)O)cc1F. The molecular formula is C14H21FN2O2. The zero-order valence-electron chi connectivity index (χ0n) is 11.4. The second-order valence-electron chi connectivity index (χ2n) is 4.36. The molecular weight excluding hydrogens is 247 g/mol. The van der Waals surface area contributed by atoms with Crippen LogP contribution in [0.5, 0.6) is 0 Å². The van der Waals surface area contributed by atoms with Crippen LogP contribution in [0.3, 0.4) is 0 Å². The lowest BCUT2D eigenvalue weighted by molar-refractivity contribution is 0.0696. The van der Waals surface area contributed by atoms with E-state index >= 15 is 0 Å². The van der Waals surface area contributed by atoms with E-state index in [9.17, 15) is 9.18 Å². The standard InChI is InChI=1S/C14H21FN2O2/c1-3-8-17(4-2)9-7-16-13-6-5-11(14(18)19)10-12(13)15/h5-6,10,16H,3-4,7-9H2,1-2H3,(H,18,19). The number of aromatic carboxylic acids is 1. The minimum Gasteiger partial charge on any atom is -0.478 e. The maximum absolute atomic E-state index is 13.6. The Kier molecular flexibility index (Phi) is 6.29. The molecule has 0 radical (unpaired) electrons. The van der Waals surface area contributed by atoms with E-state index in [1.807, 2.05) is 0 Å². The average Bonchev–Trinajstić information content (AvgIpc) is 2.39. The van der Waals surface area contributed by atoms with Crippen LogP contribution in [0.25, 0.3) is 0 Å². The molecule has 19 heavy (non-hydrogen) atoms. The van der Waals surface area contributed by atoms with Gasteiger partial charge >= 0.3 is 5.97 Å². The Morgan fingerprint density at radius 3 is 2.63 bits per heavy atom. The van der Waals surface area contributed by atoms with E-state index in [4.69, 9.17) is 5.11 Å². The van der Waals surface area contributed by atoms with Crippen LogP contribution in [0.1, 0.15) is 30.6 Å². The van der Waals surface area contributed by atoms with Crippen molar-refractivity contribution in [1.82, 2.24) is 4.90 Å². The van der Waals surface area contributed by atoms with E-state index in [1.165, 1.54) is 12.1 Å². The summed E-state index contributed by atoms with van der Waals surface area (Å²) in [6.45, 7) is 7.69. The van der Waals surface area contributed by atoms with Gasteiger partial charge in [-0.25, -0.2) is 9.18 Å². The van der Waals surface area contributed by atoms with Crippen molar-refractivity contribution in [1.29, 1.82) is 0 Å². The van der Waals surface area contributed by atoms with Crippen molar-refractivity contribution in [3.63, 3.8) is 0 Å². The zero-order valence-corrected chi connectivity index (χ0v) is 11.4. The quantitative estimate of drug-likeness (QED) is 0.761. The highest BCUT2D eigenvalue weighted by atomic mass is 19.1. The van der Waals surface area contributed by atoms with Gasteiger partial charge < -0.3 is 15.3 Å². The van der Waals surface area contributed by atoms with Gasteiger partial charge in [-0.2, -0.15) is 0 Å². The third kappa shape index (κ3) is 4.87. The molecule has 1 aromatic rings. The summed E-state index contributed by atoms with van der Waals surface area (Å²) in [6.07, 6.45) is 1.09. The first-order valence-electron chi connectivity index (χ1n) is 6.57. The Morgan fingerprint density at radius 2 is 2.11 bits per heavy atom. The van der Waals surface area contributed by atoms with Crippen LogP contribution < -0.4 is 5.32 Å². The van der Waals surface area contributed by atoms with Gasteiger partial charge in [0.2, 0.25) is 0 Å². The molecule has 0 unspecified atom stereocenters. The molecule has 5 heteroatoms. The van der Waals surface area contributed by atoms with E-state index in [0.29, 0.717) is 12.2 Å². The molecule has 106 valence electrons. The van der Waals surface area contributed by atoms with E-state index < -0.39 is 11.8 Å². The molecule has 0 saturated heterocycles. The molecule has 0 bridgehead atoms. The predicted octanol–water partition coefficient (Wildman–Crippen LogP) is 2.67. The molecule has 0 saturated carbocycles. The summed E-state index contributed by atoms with van der Waals surface area (Å²) in [6, 6.07) is 3.90. The van der Waals surface area contributed by atoms with Crippen molar-refractivity contribution in [2.24, 2.45) is 0 Å². The Labute approximate surface area is 113 Å². The van der Waals surface area contributed by atoms with Crippen molar-refractivity contribution in [3.05, 3.63) is 29.6 Å². The first-order valence-corrected chi connectivity index (χ1v) is 6.57. The third-order valence-electron chi connectivity index (χ3n) is 2.95. The second kappa shape index (κ2) is 7.74. The van der Waals surface area contributed by atoms with Crippen LogP contribution >= 0.6 is 0 Å². The summed E-state index contributed by atoms with van der Waals surface area (Å²) in [5, 5.41) is 11.7. The number of carboxylic acids is 1. The number of carbonyl (C=O) groups is 1. The molecule has 0 aliphatic rings. The van der Waals surface area contributed by atoms with Gasteiger partial charge in [-0.05, 0) is 37.7 Å². The van der Waals surface area contributed by atoms with E-state index in [0.717, 1.165) is 32.1 Å².